The predicted molar refractivity (Wildman–Crippen MR) is 101 cm³/mol. The molecule has 28 heavy (non-hydrogen) atoms. The van der Waals surface area contributed by atoms with Gasteiger partial charge in [0.1, 0.15) is 18.6 Å². The minimum absolute atomic E-state index is 0.194. The Morgan fingerprint density at radius 1 is 1.07 bits per heavy atom. The lowest BCUT2D eigenvalue weighted by atomic mass is 10.1. The summed E-state index contributed by atoms with van der Waals surface area (Å²) in [5.74, 6) is 0.326. The number of amides is 1. The van der Waals surface area contributed by atoms with Crippen molar-refractivity contribution in [1.82, 2.24) is 30.5 Å². The summed E-state index contributed by atoms with van der Waals surface area (Å²) in [6.07, 6.45) is 3.47. The van der Waals surface area contributed by atoms with E-state index in [-0.39, 0.29) is 12.5 Å². The van der Waals surface area contributed by atoms with Crippen LogP contribution >= 0.6 is 0 Å². The van der Waals surface area contributed by atoms with Crippen LogP contribution in [0.4, 0.5) is 0 Å². The highest BCUT2D eigenvalue weighted by atomic mass is 16.3. The second-order valence-electron chi connectivity index (χ2n) is 6.22. The molecule has 0 fully saturated rings. The molecule has 8 nitrogen and oxygen atoms in total. The van der Waals surface area contributed by atoms with E-state index in [1.807, 2.05) is 60.7 Å². The maximum Gasteiger partial charge on any atom is 0.245 e. The van der Waals surface area contributed by atoms with E-state index in [0.717, 1.165) is 11.1 Å². The van der Waals surface area contributed by atoms with Crippen molar-refractivity contribution >= 4 is 5.91 Å². The summed E-state index contributed by atoms with van der Waals surface area (Å²) in [4.78, 5) is 17.2. The van der Waals surface area contributed by atoms with Crippen LogP contribution in [0.15, 0.2) is 77.7 Å². The van der Waals surface area contributed by atoms with Gasteiger partial charge < -0.3 is 9.73 Å². The minimum Gasteiger partial charge on any atom is -0.444 e. The number of hydrogen-bond donors (Lipinski definition) is 1. The van der Waals surface area contributed by atoms with Crippen molar-refractivity contribution in [2.75, 3.05) is 0 Å². The van der Waals surface area contributed by atoms with Gasteiger partial charge in [-0.2, -0.15) is 0 Å². The third kappa shape index (κ3) is 4.12. The number of carbonyl (C=O) groups is 1. The van der Waals surface area contributed by atoms with Crippen molar-refractivity contribution in [3.05, 3.63) is 84.5 Å². The number of nitrogens with zero attached hydrogens (tertiary/aromatic N) is 5. The van der Waals surface area contributed by atoms with Gasteiger partial charge in [0.05, 0.1) is 12.2 Å². The smallest absolute Gasteiger partial charge is 0.245 e. The fraction of sp³-hybridized carbons (Fsp3) is 0.150. The maximum atomic E-state index is 12.8. The number of nitrogens with one attached hydrogen (secondary N) is 1. The predicted octanol–water partition coefficient (Wildman–Crippen LogP) is 2.43. The van der Waals surface area contributed by atoms with E-state index in [1.54, 1.807) is 6.26 Å². The Bertz CT molecular complexity index is 1020. The highest BCUT2D eigenvalue weighted by molar-refractivity contribution is 5.80. The van der Waals surface area contributed by atoms with Gasteiger partial charge in [-0.1, -0.05) is 48.5 Å². The lowest BCUT2D eigenvalue weighted by Gasteiger charge is -2.16. The Morgan fingerprint density at radius 3 is 2.54 bits per heavy atom. The van der Waals surface area contributed by atoms with Gasteiger partial charge in [-0.15, -0.1) is 5.10 Å². The van der Waals surface area contributed by atoms with Gasteiger partial charge in [-0.05, 0) is 28.1 Å². The zero-order chi connectivity index (χ0) is 19.2. The summed E-state index contributed by atoms with van der Waals surface area (Å²) in [6.45, 7) is 0.253. The van der Waals surface area contributed by atoms with E-state index in [0.29, 0.717) is 18.0 Å². The Morgan fingerprint density at radius 2 is 1.82 bits per heavy atom. The quantitative estimate of drug-likeness (QED) is 0.533. The van der Waals surface area contributed by atoms with Crippen LogP contribution in [-0.4, -0.2) is 31.1 Å². The fourth-order valence-electron chi connectivity index (χ4n) is 2.85. The molecule has 0 saturated heterocycles. The number of rotatable bonds is 7. The van der Waals surface area contributed by atoms with Gasteiger partial charge in [0.25, 0.3) is 0 Å². The molecule has 140 valence electrons. The highest BCUT2D eigenvalue weighted by Crippen LogP contribution is 2.18. The van der Waals surface area contributed by atoms with Gasteiger partial charge in [0.2, 0.25) is 11.8 Å². The van der Waals surface area contributed by atoms with Crippen LogP contribution in [0.25, 0.3) is 11.5 Å². The van der Waals surface area contributed by atoms with Crippen LogP contribution in [-0.2, 0) is 17.8 Å². The number of oxazole rings is 1. The fourth-order valence-corrected chi connectivity index (χ4v) is 2.85. The van der Waals surface area contributed by atoms with Crippen LogP contribution in [0.3, 0.4) is 0 Å². The van der Waals surface area contributed by atoms with Crippen molar-refractivity contribution in [3.8, 4) is 11.5 Å². The topological polar surface area (TPSA) is 98.7 Å². The van der Waals surface area contributed by atoms with Crippen molar-refractivity contribution in [3.63, 3.8) is 0 Å². The number of benzene rings is 2. The van der Waals surface area contributed by atoms with Crippen molar-refractivity contribution < 1.29 is 9.21 Å². The first-order chi connectivity index (χ1) is 13.8. The summed E-state index contributed by atoms with van der Waals surface area (Å²) in [5.41, 5.74) is 2.55. The summed E-state index contributed by atoms with van der Waals surface area (Å²) in [5, 5.41) is 14.1. The van der Waals surface area contributed by atoms with Crippen LogP contribution in [0, 0.1) is 0 Å². The summed E-state index contributed by atoms with van der Waals surface area (Å²) in [6, 6.07) is 18.8. The monoisotopic (exact) mass is 374 g/mol. The molecule has 1 atom stereocenters. The van der Waals surface area contributed by atoms with Crippen LogP contribution < -0.4 is 5.32 Å². The normalized spacial score (nSPS) is 11.9. The first kappa shape index (κ1) is 17.6. The van der Waals surface area contributed by atoms with Gasteiger partial charge >= 0.3 is 0 Å². The summed E-state index contributed by atoms with van der Waals surface area (Å²) < 4.78 is 6.97. The molecule has 1 amide bonds. The molecule has 4 rings (SSSR count). The van der Waals surface area contributed by atoms with Crippen molar-refractivity contribution in [1.29, 1.82) is 0 Å². The van der Waals surface area contributed by atoms with Crippen LogP contribution in [0.5, 0.6) is 0 Å². The summed E-state index contributed by atoms with van der Waals surface area (Å²) in [7, 11) is 0. The lowest BCUT2D eigenvalue weighted by Crippen LogP contribution is -2.34. The Hall–Kier alpha value is -3.81. The number of tetrazole rings is 1. The van der Waals surface area contributed by atoms with E-state index >= 15 is 0 Å². The first-order valence-electron chi connectivity index (χ1n) is 8.83. The first-order valence-corrected chi connectivity index (χ1v) is 8.83. The molecule has 0 saturated carbocycles. The molecule has 2 heterocycles. The molecular formula is C20H18N6O2. The molecular weight excluding hydrogens is 356 g/mol. The lowest BCUT2D eigenvalue weighted by molar-refractivity contribution is -0.124. The number of carbonyl (C=O) groups excluding carboxylic acids is 1. The van der Waals surface area contributed by atoms with Gasteiger partial charge in [-0.25, -0.2) is 9.67 Å². The SMILES string of the molecule is O=C(NCc1coc(-c2ccccc2)n1)C(Cc1ccccc1)n1cnnn1. The molecule has 2 aromatic carbocycles. The largest absolute Gasteiger partial charge is 0.444 e. The molecule has 1 N–H and O–H groups in total. The van der Waals surface area contributed by atoms with Crippen LogP contribution in [0.1, 0.15) is 17.3 Å². The molecule has 0 bridgehead atoms. The third-order valence-corrected chi connectivity index (χ3v) is 4.27. The molecule has 0 aliphatic heterocycles. The van der Waals surface area contributed by atoms with Crippen LogP contribution in [0.2, 0.25) is 0 Å². The van der Waals surface area contributed by atoms with E-state index in [2.05, 4.69) is 25.8 Å². The van der Waals surface area contributed by atoms with E-state index in [1.165, 1.54) is 11.0 Å². The van der Waals surface area contributed by atoms with Crippen molar-refractivity contribution in [2.45, 2.75) is 19.0 Å². The molecule has 4 aromatic rings. The average molecular weight is 374 g/mol. The zero-order valence-corrected chi connectivity index (χ0v) is 15.0. The van der Waals surface area contributed by atoms with Gasteiger partial charge in [0, 0.05) is 12.0 Å². The number of aromatic nitrogens is 5. The molecule has 0 aliphatic rings. The molecule has 2 aromatic heterocycles. The molecule has 0 radical (unpaired) electrons. The maximum absolute atomic E-state index is 12.8. The van der Waals surface area contributed by atoms with E-state index < -0.39 is 6.04 Å². The number of hydrogen-bond acceptors (Lipinski definition) is 6. The Kier molecular flexibility index (Phi) is 5.19. The summed E-state index contributed by atoms with van der Waals surface area (Å²) >= 11 is 0. The van der Waals surface area contributed by atoms with Crippen molar-refractivity contribution in [2.24, 2.45) is 0 Å². The highest BCUT2D eigenvalue weighted by Gasteiger charge is 2.22. The minimum atomic E-state index is -0.558. The molecule has 0 spiro atoms. The Labute approximate surface area is 161 Å². The van der Waals surface area contributed by atoms with E-state index in [9.17, 15) is 4.79 Å². The molecule has 0 aliphatic carbocycles. The second kappa shape index (κ2) is 8.26. The van der Waals surface area contributed by atoms with Gasteiger partial charge in [-0.3, -0.25) is 4.79 Å². The van der Waals surface area contributed by atoms with Gasteiger partial charge in [0.15, 0.2) is 0 Å². The standard InChI is InChI=1S/C20H18N6O2/c27-19(18(26-14-22-24-25-26)11-15-7-3-1-4-8-15)21-12-17-13-28-20(23-17)16-9-5-2-6-10-16/h1-10,13-14,18H,11-12H2,(H,21,27). The molecule has 8 heteroatoms. The van der Waals surface area contributed by atoms with E-state index in [4.69, 9.17) is 4.42 Å². The second-order valence-corrected chi connectivity index (χ2v) is 6.22. The average Bonchev–Trinajstić information content (AvgIpc) is 3.44. The third-order valence-electron chi connectivity index (χ3n) is 4.27. The zero-order valence-electron chi connectivity index (χ0n) is 15.0. The Balaban J connectivity index is 1.44. The molecule has 1 unspecified atom stereocenters.